The summed E-state index contributed by atoms with van der Waals surface area (Å²) in [5, 5.41) is 11.3. The maximum absolute atomic E-state index is 11.3. The first kappa shape index (κ1) is 12.7. The molecule has 1 amide bonds. The maximum Gasteiger partial charge on any atom is 0.412 e. The molecule has 90 valence electrons. The van der Waals surface area contributed by atoms with Gasteiger partial charge in [0.15, 0.2) is 5.69 Å². The Morgan fingerprint density at radius 3 is 2.94 bits per heavy atom. The smallest absolute Gasteiger partial charge is 0.412 e. The van der Waals surface area contributed by atoms with E-state index in [2.05, 4.69) is 16.9 Å². The van der Waals surface area contributed by atoms with Crippen molar-refractivity contribution in [3.05, 3.63) is 36.2 Å². The normalized spacial score (nSPS) is 9.47. The van der Waals surface area contributed by atoms with Crippen LogP contribution in [0.15, 0.2) is 24.9 Å². The molecule has 0 aliphatic heterocycles. The van der Waals surface area contributed by atoms with E-state index in [0.717, 1.165) is 0 Å². The van der Waals surface area contributed by atoms with Gasteiger partial charge in [-0.3, -0.25) is 5.32 Å². The zero-order valence-corrected chi connectivity index (χ0v) is 9.27. The lowest BCUT2D eigenvalue weighted by atomic mass is 10.2. The molecule has 0 radical (unpaired) electrons. The monoisotopic (exact) mass is 236 g/mol. The number of carboxylic acids is 1. The number of aryl methyl sites for hydroxylation is 1. The highest BCUT2D eigenvalue weighted by Gasteiger charge is 2.16. The van der Waals surface area contributed by atoms with Gasteiger partial charge in [-0.1, -0.05) is 12.7 Å². The van der Waals surface area contributed by atoms with E-state index >= 15 is 0 Å². The van der Waals surface area contributed by atoms with Crippen LogP contribution in [0.3, 0.4) is 0 Å². The van der Waals surface area contributed by atoms with E-state index in [0.29, 0.717) is 5.56 Å². The van der Waals surface area contributed by atoms with Crippen LogP contribution in [0.4, 0.5) is 10.5 Å². The number of nitrogens with one attached hydrogen (secondary N) is 1. The molecule has 6 nitrogen and oxygen atoms in total. The van der Waals surface area contributed by atoms with Crippen molar-refractivity contribution in [2.45, 2.75) is 6.92 Å². The molecule has 17 heavy (non-hydrogen) atoms. The standard InChI is InChI=1S/C11H12N2O4/c1-3-6-17-11(16)13-8-7(2)4-5-12-9(8)10(14)15/h3-5H,1,6H2,2H3,(H,13,16)(H,14,15). The second-order valence-electron chi connectivity index (χ2n) is 3.17. The molecule has 0 spiro atoms. The summed E-state index contributed by atoms with van der Waals surface area (Å²) in [6.07, 6.45) is 2.02. The van der Waals surface area contributed by atoms with Crippen LogP contribution in [0.25, 0.3) is 0 Å². The fraction of sp³-hybridized carbons (Fsp3) is 0.182. The summed E-state index contributed by atoms with van der Waals surface area (Å²) in [6, 6.07) is 1.59. The molecule has 0 saturated carbocycles. The Bertz CT molecular complexity index is 457. The Kier molecular flexibility index (Phi) is 4.21. The van der Waals surface area contributed by atoms with Crippen LogP contribution in [-0.2, 0) is 4.74 Å². The van der Waals surface area contributed by atoms with Gasteiger partial charge in [-0.15, -0.1) is 0 Å². The predicted molar refractivity (Wildman–Crippen MR) is 61.1 cm³/mol. The fourth-order valence-corrected chi connectivity index (χ4v) is 1.15. The molecule has 1 rings (SSSR count). The van der Waals surface area contributed by atoms with Gasteiger partial charge >= 0.3 is 12.1 Å². The lowest BCUT2D eigenvalue weighted by Gasteiger charge is -2.10. The Hall–Kier alpha value is -2.37. The second kappa shape index (κ2) is 5.64. The Balaban J connectivity index is 2.92. The van der Waals surface area contributed by atoms with Crippen LogP contribution in [0.5, 0.6) is 0 Å². The SMILES string of the molecule is C=CCOC(=O)Nc1c(C)ccnc1C(=O)O. The van der Waals surface area contributed by atoms with Gasteiger partial charge in [-0.05, 0) is 18.6 Å². The molecule has 2 N–H and O–H groups in total. The van der Waals surface area contributed by atoms with E-state index in [4.69, 9.17) is 9.84 Å². The Morgan fingerprint density at radius 2 is 2.35 bits per heavy atom. The van der Waals surface area contributed by atoms with Crippen molar-refractivity contribution in [3.8, 4) is 0 Å². The minimum absolute atomic E-state index is 0.0492. The number of aromatic nitrogens is 1. The largest absolute Gasteiger partial charge is 0.476 e. The van der Waals surface area contributed by atoms with Crippen LogP contribution in [-0.4, -0.2) is 28.8 Å². The Labute approximate surface area is 97.9 Å². The topological polar surface area (TPSA) is 88.5 Å². The van der Waals surface area contributed by atoms with Gasteiger partial charge in [-0.2, -0.15) is 0 Å². The van der Waals surface area contributed by atoms with E-state index in [1.165, 1.54) is 12.3 Å². The van der Waals surface area contributed by atoms with E-state index in [9.17, 15) is 9.59 Å². The summed E-state index contributed by atoms with van der Waals surface area (Å²) in [5.41, 5.74) is 0.502. The number of hydrogen-bond acceptors (Lipinski definition) is 4. The zero-order valence-electron chi connectivity index (χ0n) is 9.27. The number of carboxylic acid groups (broad SMARTS) is 1. The highest BCUT2D eigenvalue weighted by molar-refractivity contribution is 5.97. The molecule has 0 fully saturated rings. The lowest BCUT2D eigenvalue weighted by Crippen LogP contribution is -2.17. The molecule has 1 aromatic heterocycles. The summed E-state index contributed by atoms with van der Waals surface area (Å²) >= 11 is 0. The van der Waals surface area contributed by atoms with Crippen molar-refractivity contribution in [3.63, 3.8) is 0 Å². The summed E-state index contributed by atoms with van der Waals surface area (Å²) in [5.74, 6) is -1.22. The molecule has 0 unspecified atom stereocenters. The number of ether oxygens (including phenoxy) is 1. The molecule has 0 atom stereocenters. The molecule has 1 heterocycles. The number of anilines is 1. The van der Waals surface area contributed by atoms with Gasteiger partial charge in [0.25, 0.3) is 0 Å². The minimum Gasteiger partial charge on any atom is -0.476 e. The highest BCUT2D eigenvalue weighted by Crippen LogP contribution is 2.18. The number of hydrogen-bond donors (Lipinski definition) is 2. The van der Waals surface area contributed by atoms with E-state index in [1.54, 1.807) is 13.0 Å². The Morgan fingerprint density at radius 1 is 1.65 bits per heavy atom. The second-order valence-corrected chi connectivity index (χ2v) is 3.17. The van der Waals surface area contributed by atoms with Crippen LogP contribution in [0.1, 0.15) is 16.1 Å². The molecule has 0 saturated heterocycles. The number of rotatable bonds is 4. The number of aromatic carboxylic acids is 1. The third-order valence-corrected chi connectivity index (χ3v) is 1.92. The molecule has 0 aromatic carbocycles. The first-order valence-electron chi connectivity index (χ1n) is 4.79. The molecular weight excluding hydrogens is 224 g/mol. The van der Waals surface area contributed by atoms with Gasteiger partial charge < -0.3 is 9.84 Å². The van der Waals surface area contributed by atoms with Crippen LogP contribution in [0.2, 0.25) is 0 Å². The van der Waals surface area contributed by atoms with Gasteiger partial charge in [0.1, 0.15) is 6.61 Å². The summed E-state index contributed by atoms with van der Waals surface area (Å²) in [4.78, 5) is 25.9. The van der Waals surface area contributed by atoms with E-state index in [-0.39, 0.29) is 18.0 Å². The van der Waals surface area contributed by atoms with Crippen molar-refractivity contribution in [1.82, 2.24) is 4.98 Å². The quantitative estimate of drug-likeness (QED) is 0.778. The lowest BCUT2D eigenvalue weighted by molar-refractivity contribution is 0.0691. The van der Waals surface area contributed by atoms with Crippen molar-refractivity contribution in [2.75, 3.05) is 11.9 Å². The maximum atomic E-state index is 11.3. The third kappa shape index (κ3) is 3.30. The molecule has 0 bridgehead atoms. The van der Waals surface area contributed by atoms with E-state index < -0.39 is 12.1 Å². The molecule has 1 aromatic rings. The average molecular weight is 236 g/mol. The van der Waals surface area contributed by atoms with Crippen LogP contribution in [0, 0.1) is 6.92 Å². The summed E-state index contributed by atoms with van der Waals surface area (Å²) < 4.78 is 4.70. The predicted octanol–water partition coefficient (Wildman–Crippen LogP) is 1.82. The summed E-state index contributed by atoms with van der Waals surface area (Å²) in [6.45, 7) is 5.10. The van der Waals surface area contributed by atoms with Crippen molar-refractivity contribution in [1.29, 1.82) is 0 Å². The highest BCUT2D eigenvalue weighted by atomic mass is 16.5. The van der Waals surface area contributed by atoms with Gasteiger partial charge in [0, 0.05) is 6.20 Å². The van der Waals surface area contributed by atoms with Gasteiger partial charge in [0.2, 0.25) is 0 Å². The minimum atomic E-state index is -1.22. The number of amides is 1. The van der Waals surface area contributed by atoms with Crippen LogP contribution >= 0.6 is 0 Å². The third-order valence-electron chi connectivity index (χ3n) is 1.92. The molecule has 0 aliphatic carbocycles. The van der Waals surface area contributed by atoms with Crippen molar-refractivity contribution < 1.29 is 19.4 Å². The van der Waals surface area contributed by atoms with Crippen molar-refractivity contribution >= 4 is 17.7 Å². The molecule has 0 aliphatic rings. The molecule has 6 heteroatoms. The summed E-state index contributed by atoms with van der Waals surface area (Å²) in [7, 11) is 0. The number of carbonyl (C=O) groups is 2. The van der Waals surface area contributed by atoms with Gasteiger partial charge in [-0.25, -0.2) is 14.6 Å². The first-order chi connectivity index (χ1) is 8.06. The number of pyridine rings is 1. The number of carbonyl (C=O) groups excluding carboxylic acids is 1. The number of nitrogens with zero attached hydrogens (tertiary/aromatic N) is 1. The van der Waals surface area contributed by atoms with Gasteiger partial charge in [0.05, 0.1) is 5.69 Å². The zero-order chi connectivity index (χ0) is 12.8. The molecular formula is C11H12N2O4. The average Bonchev–Trinajstić information content (AvgIpc) is 2.28. The first-order valence-corrected chi connectivity index (χ1v) is 4.79. The fourth-order valence-electron chi connectivity index (χ4n) is 1.15. The van der Waals surface area contributed by atoms with E-state index in [1.807, 2.05) is 0 Å². The van der Waals surface area contributed by atoms with Crippen LogP contribution < -0.4 is 5.32 Å². The van der Waals surface area contributed by atoms with Crippen molar-refractivity contribution in [2.24, 2.45) is 0 Å².